The number of aromatic hydroxyl groups is 1. The summed E-state index contributed by atoms with van der Waals surface area (Å²) in [5, 5.41) is 18.0. The van der Waals surface area contributed by atoms with Crippen LogP contribution < -0.4 is 5.73 Å². The molecule has 0 aliphatic heterocycles. The Morgan fingerprint density at radius 3 is 2.31 bits per heavy atom. The van der Waals surface area contributed by atoms with Crippen molar-refractivity contribution in [2.45, 2.75) is 32.7 Å². The zero-order valence-corrected chi connectivity index (χ0v) is 9.53. The van der Waals surface area contributed by atoms with Gasteiger partial charge in [0.25, 0.3) is 0 Å². The highest BCUT2D eigenvalue weighted by Crippen LogP contribution is 2.27. The lowest BCUT2D eigenvalue weighted by atomic mass is 9.93. The highest BCUT2D eigenvalue weighted by molar-refractivity contribution is 5.66. The van der Waals surface area contributed by atoms with Crippen molar-refractivity contribution < 1.29 is 15.0 Å². The van der Waals surface area contributed by atoms with Gasteiger partial charge in [-0.3, -0.25) is 4.79 Å². The SMILES string of the molecule is Cc1cc(O)cc(C)c1C(N)CCC(=O)O. The molecule has 0 amide bonds. The van der Waals surface area contributed by atoms with Crippen LogP contribution in [0.15, 0.2) is 12.1 Å². The highest BCUT2D eigenvalue weighted by atomic mass is 16.4. The predicted molar refractivity (Wildman–Crippen MR) is 61.4 cm³/mol. The topological polar surface area (TPSA) is 83.5 Å². The van der Waals surface area contributed by atoms with E-state index in [2.05, 4.69) is 0 Å². The Bertz CT molecular complexity index is 378. The van der Waals surface area contributed by atoms with Crippen molar-refractivity contribution in [3.8, 4) is 5.75 Å². The monoisotopic (exact) mass is 223 g/mol. The maximum Gasteiger partial charge on any atom is 0.303 e. The molecule has 1 aromatic rings. The second-order valence-corrected chi connectivity index (χ2v) is 4.03. The van der Waals surface area contributed by atoms with Crippen LogP contribution in [0.4, 0.5) is 0 Å². The second kappa shape index (κ2) is 4.99. The van der Waals surface area contributed by atoms with Crippen molar-refractivity contribution in [1.29, 1.82) is 0 Å². The zero-order valence-electron chi connectivity index (χ0n) is 9.53. The number of rotatable bonds is 4. The molecule has 4 nitrogen and oxygen atoms in total. The summed E-state index contributed by atoms with van der Waals surface area (Å²) in [6.07, 6.45) is 0.461. The summed E-state index contributed by atoms with van der Waals surface area (Å²) in [5.41, 5.74) is 8.68. The Morgan fingerprint density at radius 2 is 1.88 bits per heavy atom. The summed E-state index contributed by atoms with van der Waals surface area (Å²) in [6, 6.07) is 2.99. The minimum Gasteiger partial charge on any atom is -0.508 e. The lowest BCUT2D eigenvalue weighted by Gasteiger charge is -2.17. The van der Waals surface area contributed by atoms with E-state index in [1.165, 1.54) is 0 Å². The van der Waals surface area contributed by atoms with Gasteiger partial charge in [-0.15, -0.1) is 0 Å². The number of carboxylic acids is 1. The largest absolute Gasteiger partial charge is 0.508 e. The molecule has 0 radical (unpaired) electrons. The van der Waals surface area contributed by atoms with Gasteiger partial charge in [-0.05, 0) is 49.1 Å². The Morgan fingerprint density at radius 1 is 1.38 bits per heavy atom. The van der Waals surface area contributed by atoms with E-state index < -0.39 is 5.97 Å². The number of carboxylic acid groups (broad SMARTS) is 1. The molecule has 4 heteroatoms. The van der Waals surface area contributed by atoms with Crippen LogP contribution in [0.1, 0.15) is 35.6 Å². The molecule has 16 heavy (non-hydrogen) atoms. The molecule has 0 bridgehead atoms. The van der Waals surface area contributed by atoms with Crippen LogP contribution in [0.2, 0.25) is 0 Å². The number of phenols is 1. The molecule has 88 valence electrons. The van der Waals surface area contributed by atoms with Crippen molar-refractivity contribution >= 4 is 5.97 Å². The van der Waals surface area contributed by atoms with Crippen molar-refractivity contribution in [2.75, 3.05) is 0 Å². The van der Waals surface area contributed by atoms with Crippen LogP contribution in [-0.2, 0) is 4.79 Å². The van der Waals surface area contributed by atoms with E-state index in [-0.39, 0.29) is 18.2 Å². The third-order valence-electron chi connectivity index (χ3n) is 2.62. The number of carbonyl (C=O) groups is 1. The molecule has 0 saturated carbocycles. The molecule has 0 aliphatic rings. The quantitative estimate of drug-likeness (QED) is 0.727. The number of hydrogen-bond donors (Lipinski definition) is 3. The minimum absolute atomic E-state index is 0.0565. The maximum absolute atomic E-state index is 10.5. The predicted octanol–water partition coefficient (Wildman–Crippen LogP) is 1.87. The van der Waals surface area contributed by atoms with E-state index >= 15 is 0 Å². The molecule has 0 heterocycles. The fourth-order valence-electron chi connectivity index (χ4n) is 1.96. The lowest BCUT2D eigenvalue weighted by molar-refractivity contribution is -0.137. The fourth-order valence-corrected chi connectivity index (χ4v) is 1.96. The molecule has 1 atom stereocenters. The number of hydrogen-bond acceptors (Lipinski definition) is 3. The summed E-state index contributed by atoms with van der Waals surface area (Å²) >= 11 is 0. The Labute approximate surface area is 94.7 Å². The van der Waals surface area contributed by atoms with Crippen LogP contribution in [-0.4, -0.2) is 16.2 Å². The molecule has 0 saturated heterocycles. The molecule has 1 aromatic carbocycles. The van der Waals surface area contributed by atoms with Gasteiger partial charge in [0.2, 0.25) is 0 Å². The van der Waals surface area contributed by atoms with Crippen molar-refractivity contribution in [3.63, 3.8) is 0 Å². The number of aliphatic carboxylic acids is 1. The molecule has 0 aromatic heterocycles. The maximum atomic E-state index is 10.5. The lowest BCUT2D eigenvalue weighted by Crippen LogP contribution is -2.15. The Balaban J connectivity index is 2.90. The zero-order chi connectivity index (χ0) is 12.3. The fraction of sp³-hybridized carbons (Fsp3) is 0.417. The highest BCUT2D eigenvalue weighted by Gasteiger charge is 2.14. The molecular weight excluding hydrogens is 206 g/mol. The van der Waals surface area contributed by atoms with Crippen LogP contribution in [0, 0.1) is 13.8 Å². The van der Waals surface area contributed by atoms with E-state index in [9.17, 15) is 9.90 Å². The van der Waals surface area contributed by atoms with E-state index in [1.807, 2.05) is 13.8 Å². The number of nitrogens with two attached hydrogens (primary N) is 1. The summed E-state index contributed by atoms with van der Waals surface area (Å²) < 4.78 is 0. The summed E-state index contributed by atoms with van der Waals surface area (Å²) in [7, 11) is 0. The third kappa shape index (κ3) is 2.97. The van der Waals surface area contributed by atoms with Gasteiger partial charge in [-0.25, -0.2) is 0 Å². The normalized spacial score (nSPS) is 12.4. The number of benzene rings is 1. The van der Waals surface area contributed by atoms with E-state index in [1.54, 1.807) is 12.1 Å². The summed E-state index contributed by atoms with van der Waals surface area (Å²) in [6.45, 7) is 3.73. The van der Waals surface area contributed by atoms with Crippen LogP contribution in [0.5, 0.6) is 5.75 Å². The minimum atomic E-state index is -0.843. The standard InChI is InChI=1S/C12H17NO3/c1-7-5-9(14)6-8(2)12(7)10(13)3-4-11(15)16/h5-6,10,14H,3-4,13H2,1-2H3,(H,15,16). The summed E-state index contributed by atoms with van der Waals surface area (Å²) in [4.78, 5) is 10.5. The molecule has 1 rings (SSSR count). The van der Waals surface area contributed by atoms with Crippen LogP contribution >= 0.6 is 0 Å². The van der Waals surface area contributed by atoms with Crippen LogP contribution in [0.25, 0.3) is 0 Å². The van der Waals surface area contributed by atoms with Gasteiger partial charge in [0, 0.05) is 12.5 Å². The van der Waals surface area contributed by atoms with Gasteiger partial charge >= 0.3 is 5.97 Å². The van der Waals surface area contributed by atoms with Gasteiger partial charge in [-0.1, -0.05) is 0 Å². The Hall–Kier alpha value is -1.55. The second-order valence-electron chi connectivity index (χ2n) is 4.03. The first-order valence-electron chi connectivity index (χ1n) is 5.19. The van der Waals surface area contributed by atoms with Gasteiger partial charge in [0.05, 0.1) is 0 Å². The molecule has 0 fully saturated rings. The Kier molecular flexibility index (Phi) is 3.90. The first-order valence-corrected chi connectivity index (χ1v) is 5.19. The van der Waals surface area contributed by atoms with Crippen LogP contribution in [0.3, 0.4) is 0 Å². The van der Waals surface area contributed by atoms with Gasteiger partial charge in [-0.2, -0.15) is 0 Å². The van der Waals surface area contributed by atoms with E-state index in [0.717, 1.165) is 16.7 Å². The smallest absolute Gasteiger partial charge is 0.303 e. The molecule has 0 aliphatic carbocycles. The van der Waals surface area contributed by atoms with Crippen molar-refractivity contribution in [2.24, 2.45) is 5.73 Å². The van der Waals surface area contributed by atoms with E-state index in [4.69, 9.17) is 10.8 Å². The number of phenolic OH excluding ortho intramolecular Hbond substituents is 1. The molecular formula is C12H17NO3. The first-order chi connectivity index (χ1) is 7.41. The average molecular weight is 223 g/mol. The number of aryl methyl sites for hydroxylation is 2. The first kappa shape index (κ1) is 12.5. The van der Waals surface area contributed by atoms with E-state index in [0.29, 0.717) is 6.42 Å². The average Bonchev–Trinajstić information content (AvgIpc) is 2.12. The molecule has 4 N–H and O–H groups in total. The van der Waals surface area contributed by atoms with Gasteiger partial charge in [0.15, 0.2) is 0 Å². The molecule has 1 unspecified atom stereocenters. The molecule has 0 spiro atoms. The summed E-state index contributed by atoms with van der Waals surface area (Å²) in [5.74, 6) is -0.631. The van der Waals surface area contributed by atoms with Crippen molar-refractivity contribution in [3.05, 3.63) is 28.8 Å². The van der Waals surface area contributed by atoms with Gasteiger partial charge < -0.3 is 15.9 Å². The third-order valence-corrected chi connectivity index (χ3v) is 2.62. The van der Waals surface area contributed by atoms with Gasteiger partial charge in [0.1, 0.15) is 5.75 Å². The van der Waals surface area contributed by atoms with Crippen molar-refractivity contribution in [1.82, 2.24) is 0 Å².